The third kappa shape index (κ3) is 4.82. The average Bonchev–Trinajstić information content (AvgIpc) is 3.28. The summed E-state index contributed by atoms with van der Waals surface area (Å²) in [4.78, 5) is 28.0. The van der Waals surface area contributed by atoms with Crippen LogP contribution in [0.15, 0.2) is 65.5 Å². The van der Waals surface area contributed by atoms with Gasteiger partial charge >= 0.3 is 5.97 Å². The summed E-state index contributed by atoms with van der Waals surface area (Å²) in [5.41, 5.74) is 3.10. The van der Waals surface area contributed by atoms with Gasteiger partial charge in [0.1, 0.15) is 18.0 Å². The number of nitrogens with zero attached hydrogens (tertiary/aromatic N) is 2. The van der Waals surface area contributed by atoms with Crippen LogP contribution in [-0.2, 0) is 13.0 Å². The van der Waals surface area contributed by atoms with E-state index in [1.54, 1.807) is 0 Å². The number of fused-ring (bicyclic) bond motifs is 1. The lowest BCUT2D eigenvalue weighted by atomic mass is 9.92. The summed E-state index contributed by atoms with van der Waals surface area (Å²) in [6, 6.07) is 18.9. The normalized spacial score (nSPS) is 11.2. The van der Waals surface area contributed by atoms with Crippen LogP contribution in [0.4, 0.5) is 0 Å². The number of carbonyl (C=O) groups is 1. The Bertz CT molecular complexity index is 1300. The average molecular weight is 446 g/mol. The molecule has 2 N–H and O–H groups in total. The van der Waals surface area contributed by atoms with Crippen LogP contribution in [-0.4, -0.2) is 25.7 Å². The van der Waals surface area contributed by atoms with Crippen molar-refractivity contribution in [3.05, 3.63) is 87.8 Å². The Morgan fingerprint density at radius 1 is 1.09 bits per heavy atom. The van der Waals surface area contributed by atoms with Gasteiger partial charge in [-0.2, -0.15) is 9.61 Å². The molecule has 4 rings (SSSR count). The molecular weight excluding hydrogens is 418 g/mol. The number of hydrogen-bond acceptors (Lipinski definition) is 4. The van der Waals surface area contributed by atoms with Gasteiger partial charge in [-0.3, -0.25) is 4.79 Å². The van der Waals surface area contributed by atoms with E-state index in [-0.39, 0.29) is 11.3 Å². The monoisotopic (exact) mass is 445 g/mol. The number of nitrogens with one attached hydrogen (secondary N) is 1. The number of hydrogen-bond donors (Lipinski definition) is 2. The van der Waals surface area contributed by atoms with Crippen molar-refractivity contribution in [2.75, 3.05) is 0 Å². The zero-order valence-electron chi connectivity index (χ0n) is 18.7. The van der Waals surface area contributed by atoms with E-state index in [9.17, 15) is 14.7 Å². The molecule has 2 heterocycles. The molecule has 4 aromatic rings. The predicted octanol–water partition coefficient (Wildman–Crippen LogP) is 4.95. The van der Waals surface area contributed by atoms with Crippen molar-refractivity contribution in [1.82, 2.24) is 14.6 Å². The molecule has 0 bridgehead atoms. The van der Waals surface area contributed by atoms with E-state index in [0.717, 1.165) is 34.2 Å². The Morgan fingerprint density at radius 3 is 2.42 bits per heavy atom. The fraction of sp³-hybridized carbons (Fsp3) is 0.269. The summed E-state index contributed by atoms with van der Waals surface area (Å²) in [7, 11) is 0. The molecule has 7 nitrogen and oxygen atoms in total. The van der Waals surface area contributed by atoms with Gasteiger partial charge < -0.3 is 14.8 Å². The van der Waals surface area contributed by atoms with Gasteiger partial charge in [0.05, 0.1) is 5.69 Å². The van der Waals surface area contributed by atoms with Crippen molar-refractivity contribution >= 4 is 11.6 Å². The van der Waals surface area contributed by atoms with Gasteiger partial charge in [0.15, 0.2) is 5.69 Å². The first kappa shape index (κ1) is 22.3. The Kier molecular flexibility index (Phi) is 6.58. The van der Waals surface area contributed by atoms with Gasteiger partial charge in [0.25, 0.3) is 5.56 Å². The molecule has 0 aliphatic rings. The second-order valence-corrected chi connectivity index (χ2v) is 8.10. The number of aromatic amines is 1. The molecule has 0 atom stereocenters. The molecule has 0 spiro atoms. The van der Waals surface area contributed by atoms with Crippen molar-refractivity contribution in [3.8, 4) is 17.0 Å². The summed E-state index contributed by atoms with van der Waals surface area (Å²) >= 11 is 0. The third-order valence-electron chi connectivity index (χ3n) is 5.97. The molecule has 0 saturated heterocycles. The minimum Gasteiger partial charge on any atom is -0.489 e. The van der Waals surface area contributed by atoms with Gasteiger partial charge in [-0.25, -0.2) is 4.79 Å². The maximum absolute atomic E-state index is 13.3. The molecule has 0 amide bonds. The van der Waals surface area contributed by atoms with Crippen LogP contribution >= 0.6 is 0 Å². The van der Waals surface area contributed by atoms with Gasteiger partial charge in [0, 0.05) is 11.6 Å². The molecule has 0 fully saturated rings. The van der Waals surface area contributed by atoms with E-state index >= 15 is 0 Å². The van der Waals surface area contributed by atoms with Crippen LogP contribution in [0.3, 0.4) is 0 Å². The van der Waals surface area contributed by atoms with Crippen molar-refractivity contribution < 1.29 is 14.6 Å². The highest BCUT2D eigenvalue weighted by Gasteiger charge is 2.20. The van der Waals surface area contributed by atoms with E-state index in [4.69, 9.17) is 4.74 Å². The minimum atomic E-state index is -1.17. The topological polar surface area (TPSA) is 96.7 Å². The van der Waals surface area contributed by atoms with Crippen LogP contribution in [0.2, 0.25) is 0 Å². The molecule has 0 radical (unpaired) electrons. The molecule has 0 aliphatic heterocycles. The van der Waals surface area contributed by atoms with E-state index in [1.165, 1.54) is 6.07 Å². The summed E-state index contributed by atoms with van der Waals surface area (Å²) in [6.45, 7) is 4.68. The molecule has 170 valence electrons. The number of aromatic nitrogens is 3. The molecule has 0 saturated carbocycles. The number of carboxylic acid groups (broad SMARTS) is 1. The second-order valence-electron chi connectivity index (χ2n) is 8.10. The fourth-order valence-corrected chi connectivity index (χ4v) is 3.93. The molecule has 0 aliphatic carbocycles. The highest BCUT2D eigenvalue weighted by atomic mass is 16.5. The Hall–Kier alpha value is -3.87. The number of H-pyrrole nitrogens is 1. The maximum Gasteiger partial charge on any atom is 0.356 e. The molecule has 2 aromatic carbocycles. The Balaban J connectivity index is 1.71. The zero-order valence-corrected chi connectivity index (χ0v) is 18.7. The van der Waals surface area contributed by atoms with Crippen molar-refractivity contribution in [2.24, 2.45) is 5.92 Å². The van der Waals surface area contributed by atoms with Crippen LogP contribution in [0.25, 0.3) is 16.9 Å². The summed E-state index contributed by atoms with van der Waals surface area (Å²) in [5, 5.41) is 13.3. The number of aromatic carboxylic acids is 1. The number of ether oxygens (including phenoxy) is 1. The lowest BCUT2D eigenvalue weighted by Crippen LogP contribution is -2.23. The largest absolute Gasteiger partial charge is 0.489 e. The molecule has 0 unspecified atom stereocenters. The van der Waals surface area contributed by atoms with Crippen LogP contribution < -0.4 is 10.3 Å². The van der Waals surface area contributed by atoms with Crippen molar-refractivity contribution in [1.29, 1.82) is 0 Å². The molecular formula is C26H27N3O4. The highest BCUT2D eigenvalue weighted by Crippen LogP contribution is 2.26. The first-order valence-electron chi connectivity index (χ1n) is 11.2. The number of rotatable bonds is 9. The zero-order chi connectivity index (χ0) is 23.4. The number of carboxylic acids is 1. The summed E-state index contributed by atoms with van der Waals surface area (Å²) in [5.74, 6) is -0.107. The first-order chi connectivity index (χ1) is 16.0. The highest BCUT2D eigenvalue weighted by molar-refractivity contribution is 5.86. The Morgan fingerprint density at radius 2 is 1.79 bits per heavy atom. The van der Waals surface area contributed by atoms with E-state index in [2.05, 4.69) is 23.9 Å². The minimum absolute atomic E-state index is 0.168. The van der Waals surface area contributed by atoms with Crippen LogP contribution in [0.5, 0.6) is 5.75 Å². The SMILES string of the molecule is CCC(CC)Cc1c(-c2ccc(OCc3ccccc3)cc2)[nH]c2cc(C(=O)O)nn2c1=O. The van der Waals surface area contributed by atoms with E-state index in [0.29, 0.717) is 35.9 Å². The summed E-state index contributed by atoms with van der Waals surface area (Å²) in [6.07, 6.45) is 2.47. The predicted molar refractivity (Wildman–Crippen MR) is 127 cm³/mol. The molecule has 7 heteroatoms. The summed E-state index contributed by atoms with van der Waals surface area (Å²) < 4.78 is 7.04. The van der Waals surface area contributed by atoms with Gasteiger partial charge in [-0.05, 0) is 47.7 Å². The molecule has 2 aromatic heterocycles. The lowest BCUT2D eigenvalue weighted by molar-refractivity contribution is 0.0690. The van der Waals surface area contributed by atoms with Gasteiger partial charge in [0.2, 0.25) is 0 Å². The van der Waals surface area contributed by atoms with Crippen molar-refractivity contribution in [3.63, 3.8) is 0 Å². The van der Waals surface area contributed by atoms with E-state index < -0.39 is 5.97 Å². The standard InChI is InChI=1S/C26H27N3O4/c1-3-17(4-2)14-21-24(27-23-15-22(26(31)32)28-29(23)25(21)30)19-10-12-20(13-11-19)33-16-18-8-6-5-7-9-18/h5-13,15,17,27H,3-4,14,16H2,1-2H3,(H,31,32). The quantitative estimate of drug-likeness (QED) is 0.380. The number of benzene rings is 2. The fourth-order valence-electron chi connectivity index (χ4n) is 3.93. The van der Waals surface area contributed by atoms with Crippen LogP contribution in [0, 0.1) is 5.92 Å². The van der Waals surface area contributed by atoms with Gasteiger partial charge in [-0.15, -0.1) is 0 Å². The maximum atomic E-state index is 13.3. The molecule has 33 heavy (non-hydrogen) atoms. The van der Waals surface area contributed by atoms with Crippen molar-refractivity contribution in [2.45, 2.75) is 39.7 Å². The van der Waals surface area contributed by atoms with Crippen LogP contribution in [0.1, 0.15) is 48.3 Å². The second kappa shape index (κ2) is 9.73. The van der Waals surface area contributed by atoms with Gasteiger partial charge in [-0.1, -0.05) is 57.0 Å². The Labute approximate surface area is 191 Å². The lowest BCUT2D eigenvalue weighted by Gasteiger charge is -2.16. The third-order valence-corrected chi connectivity index (χ3v) is 5.97. The first-order valence-corrected chi connectivity index (χ1v) is 11.2. The smallest absolute Gasteiger partial charge is 0.356 e. The van der Waals surface area contributed by atoms with E-state index in [1.807, 2.05) is 54.6 Å².